The van der Waals surface area contributed by atoms with E-state index in [4.69, 9.17) is 27.9 Å². The molecule has 0 aliphatic heterocycles. The second-order valence-corrected chi connectivity index (χ2v) is 4.44. The van der Waals surface area contributed by atoms with Crippen LogP contribution in [0.15, 0.2) is 36.4 Å². The zero-order valence-corrected chi connectivity index (χ0v) is 11.1. The van der Waals surface area contributed by atoms with E-state index < -0.39 is 0 Å². The number of rotatable bonds is 3. The van der Waals surface area contributed by atoms with E-state index in [0.717, 1.165) is 5.56 Å². The van der Waals surface area contributed by atoms with Crippen LogP contribution in [0.25, 0.3) is 11.1 Å². The van der Waals surface area contributed by atoms with Crippen molar-refractivity contribution in [2.75, 3.05) is 7.11 Å². The first kappa shape index (κ1) is 12.9. The predicted octanol–water partition coefficient (Wildman–Crippen LogP) is 4.48. The number of hydrogen-bond acceptors (Lipinski definition) is 2. The van der Waals surface area contributed by atoms with Crippen molar-refractivity contribution in [3.8, 4) is 16.9 Å². The Kier molecular flexibility index (Phi) is 3.90. The first-order valence-electron chi connectivity index (χ1n) is 5.25. The molecule has 0 aromatic heterocycles. The maximum absolute atomic E-state index is 11.2. The Bertz CT molecular complexity index is 580. The van der Waals surface area contributed by atoms with E-state index in [9.17, 15) is 4.79 Å². The van der Waals surface area contributed by atoms with Gasteiger partial charge >= 0.3 is 0 Å². The fraction of sp³-hybridized carbons (Fsp3) is 0.0714. The van der Waals surface area contributed by atoms with E-state index in [1.807, 2.05) is 30.3 Å². The van der Waals surface area contributed by atoms with Gasteiger partial charge < -0.3 is 4.74 Å². The zero-order valence-electron chi connectivity index (χ0n) is 9.61. The van der Waals surface area contributed by atoms with Crippen molar-refractivity contribution in [3.05, 3.63) is 52.0 Å². The lowest BCUT2D eigenvalue weighted by molar-refractivity contribution is 0.112. The second-order valence-electron chi connectivity index (χ2n) is 3.65. The molecule has 0 aliphatic carbocycles. The summed E-state index contributed by atoms with van der Waals surface area (Å²) >= 11 is 12.2. The smallest absolute Gasteiger partial charge is 0.156 e. The number of hydrogen-bond donors (Lipinski definition) is 0. The van der Waals surface area contributed by atoms with Crippen LogP contribution in [0, 0.1) is 0 Å². The summed E-state index contributed by atoms with van der Waals surface area (Å²) in [7, 11) is 1.46. The Morgan fingerprint density at radius 2 is 1.83 bits per heavy atom. The molecule has 0 amide bonds. The van der Waals surface area contributed by atoms with Gasteiger partial charge in [0.05, 0.1) is 17.2 Å². The van der Waals surface area contributed by atoms with Gasteiger partial charge in [0.15, 0.2) is 12.0 Å². The Hall–Kier alpha value is -1.51. The topological polar surface area (TPSA) is 26.3 Å². The van der Waals surface area contributed by atoms with Crippen LogP contribution in [0.1, 0.15) is 10.4 Å². The van der Waals surface area contributed by atoms with Gasteiger partial charge in [-0.05, 0) is 17.2 Å². The summed E-state index contributed by atoms with van der Waals surface area (Å²) in [5.41, 5.74) is 1.96. The van der Waals surface area contributed by atoms with Gasteiger partial charge in [0.1, 0.15) is 0 Å². The molecule has 0 fully saturated rings. The lowest BCUT2D eigenvalue weighted by atomic mass is 10.00. The molecular weight excluding hydrogens is 271 g/mol. The molecule has 2 aromatic rings. The molecule has 0 radical (unpaired) electrons. The summed E-state index contributed by atoms with van der Waals surface area (Å²) in [5.74, 6) is 0.320. The molecule has 0 aliphatic rings. The molecule has 2 nitrogen and oxygen atoms in total. The van der Waals surface area contributed by atoms with E-state index in [-0.39, 0.29) is 5.02 Å². The van der Waals surface area contributed by atoms with Crippen molar-refractivity contribution in [2.45, 2.75) is 0 Å². The van der Waals surface area contributed by atoms with Gasteiger partial charge in [-0.15, -0.1) is 0 Å². The Morgan fingerprint density at radius 3 is 2.39 bits per heavy atom. The van der Waals surface area contributed by atoms with Gasteiger partial charge in [-0.25, -0.2) is 0 Å². The normalized spacial score (nSPS) is 10.2. The largest absolute Gasteiger partial charge is 0.494 e. The van der Waals surface area contributed by atoms with E-state index >= 15 is 0 Å². The molecule has 0 saturated heterocycles. The zero-order chi connectivity index (χ0) is 13.1. The van der Waals surface area contributed by atoms with Gasteiger partial charge in [0, 0.05) is 5.56 Å². The average Bonchev–Trinajstić information content (AvgIpc) is 2.39. The number of methoxy groups -OCH3 is 1. The van der Waals surface area contributed by atoms with Gasteiger partial charge in [-0.2, -0.15) is 0 Å². The maximum Gasteiger partial charge on any atom is 0.156 e. The minimum atomic E-state index is 0.235. The van der Waals surface area contributed by atoms with E-state index in [2.05, 4.69) is 0 Å². The van der Waals surface area contributed by atoms with Crippen LogP contribution < -0.4 is 4.74 Å². The Morgan fingerprint density at radius 1 is 1.17 bits per heavy atom. The lowest BCUT2D eigenvalue weighted by Crippen LogP contribution is -1.94. The molecule has 0 bridgehead atoms. The molecule has 2 aromatic carbocycles. The molecule has 2 rings (SSSR count). The molecule has 0 spiro atoms. The number of carbonyl (C=O) groups excluding carboxylic acids is 1. The SMILES string of the molecule is COc1c(Cl)cc(-c2ccccc2)c(C=O)c1Cl. The highest BCUT2D eigenvalue weighted by molar-refractivity contribution is 6.39. The molecule has 0 atom stereocenters. The lowest BCUT2D eigenvalue weighted by Gasteiger charge is -2.12. The van der Waals surface area contributed by atoms with E-state index in [1.165, 1.54) is 7.11 Å². The molecular formula is C14H10Cl2O2. The van der Waals surface area contributed by atoms with Gasteiger partial charge in [0.25, 0.3) is 0 Å². The Labute approximate surface area is 115 Å². The van der Waals surface area contributed by atoms with Crippen molar-refractivity contribution < 1.29 is 9.53 Å². The van der Waals surface area contributed by atoms with Crippen LogP contribution in [-0.4, -0.2) is 13.4 Å². The van der Waals surface area contributed by atoms with Crippen LogP contribution in [0.4, 0.5) is 0 Å². The summed E-state index contributed by atoms with van der Waals surface area (Å²) < 4.78 is 5.09. The molecule has 92 valence electrons. The quantitative estimate of drug-likeness (QED) is 0.775. The van der Waals surface area contributed by atoms with E-state index in [0.29, 0.717) is 28.2 Å². The highest BCUT2D eigenvalue weighted by Gasteiger charge is 2.16. The summed E-state index contributed by atoms with van der Waals surface area (Å²) in [5, 5.41) is 0.616. The number of ether oxygens (including phenoxy) is 1. The van der Waals surface area contributed by atoms with Crippen molar-refractivity contribution in [1.82, 2.24) is 0 Å². The fourth-order valence-electron chi connectivity index (χ4n) is 1.77. The highest BCUT2D eigenvalue weighted by atomic mass is 35.5. The predicted molar refractivity (Wildman–Crippen MR) is 73.8 cm³/mol. The van der Waals surface area contributed by atoms with Crippen molar-refractivity contribution in [1.29, 1.82) is 0 Å². The third kappa shape index (κ3) is 2.22. The number of halogens is 2. The highest BCUT2D eigenvalue weighted by Crippen LogP contribution is 2.40. The fourth-order valence-corrected chi connectivity index (χ4v) is 2.43. The first-order valence-corrected chi connectivity index (χ1v) is 6.01. The second kappa shape index (κ2) is 5.42. The monoisotopic (exact) mass is 280 g/mol. The summed E-state index contributed by atoms with van der Waals surface area (Å²) in [6.45, 7) is 0. The third-order valence-electron chi connectivity index (χ3n) is 2.62. The van der Waals surface area contributed by atoms with E-state index in [1.54, 1.807) is 6.07 Å². The molecule has 0 heterocycles. The van der Waals surface area contributed by atoms with Crippen molar-refractivity contribution in [2.24, 2.45) is 0 Å². The van der Waals surface area contributed by atoms with Crippen LogP contribution in [0.3, 0.4) is 0 Å². The average molecular weight is 281 g/mol. The Balaban J connectivity index is 2.73. The van der Waals surface area contributed by atoms with Gasteiger partial charge in [-0.1, -0.05) is 53.5 Å². The van der Waals surface area contributed by atoms with Crippen LogP contribution in [-0.2, 0) is 0 Å². The van der Waals surface area contributed by atoms with Crippen LogP contribution >= 0.6 is 23.2 Å². The van der Waals surface area contributed by atoms with Crippen LogP contribution in [0.5, 0.6) is 5.75 Å². The molecule has 0 unspecified atom stereocenters. The minimum absolute atomic E-state index is 0.235. The summed E-state index contributed by atoms with van der Waals surface area (Å²) in [6, 6.07) is 11.1. The minimum Gasteiger partial charge on any atom is -0.494 e. The van der Waals surface area contributed by atoms with Gasteiger partial charge in [0.2, 0.25) is 0 Å². The third-order valence-corrected chi connectivity index (χ3v) is 3.28. The molecule has 4 heteroatoms. The summed E-state index contributed by atoms with van der Waals surface area (Å²) in [4.78, 5) is 11.2. The van der Waals surface area contributed by atoms with Gasteiger partial charge in [-0.3, -0.25) is 4.79 Å². The number of aldehydes is 1. The molecule has 0 N–H and O–H groups in total. The number of carbonyl (C=O) groups is 1. The first-order chi connectivity index (χ1) is 8.69. The molecule has 18 heavy (non-hydrogen) atoms. The van der Waals surface area contributed by atoms with Crippen molar-refractivity contribution >= 4 is 29.5 Å². The summed E-state index contributed by atoms with van der Waals surface area (Å²) in [6.07, 6.45) is 0.712. The van der Waals surface area contributed by atoms with Crippen molar-refractivity contribution in [3.63, 3.8) is 0 Å². The maximum atomic E-state index is 11.2. The molecule has 0 saturated carbocycles. The number of benzene rings is 2. The standard InChI is InChI=1S/C14H10Cl2O2/c1-18-14-12(15)7-10(11(8-17)13(14)16)9-5-3-2-4-6-9/h2-8H,1H3. The van der Waals surface area contributed by atoms with Crippen LogP contribution in [0.2, 0.25) is 10.0 Å².